The first kappa shape index (κ1) is 14.7. The molecule has 1 aromatic rings. The molecule has 6 nitrogen and oxygen atoms in total. The predicted molar refractivity (Wildman–Crippen MR) is 75.9 cm³/mol. The van der Waals surface area contributed by atoms with Crippen LogP contribution in [0.1, 0.15) is 50.8 Å². The zero-order valence-electron chi connectivity index (χ0n) is 12.6. The van der Waals surface area contributed by atoms with Crippen LogP contribution in [0.25, 0.3) is 0 Å². The van der Waals surface area contributed by atoms with Crippen LogP contribution in [0.2, 0.25) is 0 Å². The first-order chi connectivity index (χ1) is 9.28. The molecular formula is C14H23N3O3. The first-order valence-corrected chi connectivity index (χ1v) is 7.03. The lowest BCUT2D eigenvalue weighted by Gasteiger charge is -2.33. The molecule has 0 radical (unpaired) electrons. The number of likely N-dealkylation sites (tertiary alicyclic amines) is 1. The Balaban J connectivity index is 1.96. The van der Waals surface area contributed by atoms with Gasteiger partial charge in [0.25, 0.3) is 5.56 Å². The Hall–Kier alpha value is -1.72. The van der Waals surface area contributed by atoms with Gasteiger partial charge in [0.05, 0.1) is 0 Å². The Labute approximate surface area is 118 Å². The van der Waals surface area contributed by atoms with E-state index in [1.54, 1.807) is 4.90 Å². The number of aryl methyl sites for hydroxylation is 1. The monoisotopic (exact) mass is 281 g/mol. The van der Waals surface area contributed by atoms with Gasteiger partial charge in [-0.25, -0.2) is 4.79 Å². The molecule has 1 saturated heterocycles. The molecule has 0 atom stereocenters. The normalized spacial score (nSPS) is 17.3. The first-order valence-electron chi connectivity index (χ1n) is 7.03. The standard InChI is InChI=1S/C14H23N3O3/c1-9-11(12(18)16-15-9)10-5-7-17(8-6-10)13(19)20-14(2,3)4/h10H,5-8H2,1-4H3,(H2,15,16,18). The van der Waals surface area contributed by atoms with E-state index in [9.17, 15) is 9.59 Å². The van der Waals surface area contributed by atoms with Gasteiger partial charge in [0.15, 0.2) is 0 Å². The number of aromatic amines is 2. The number of piperidine rings is 1. The van der Waals surface area contributed by atoms with Crippen LogP contribution in [0, 0.1) is 6.92 Å². The number of aromatic nitrogens is 2. The third-order valence-corrected chi connectivity index (χ3v) is 3.57. The van der Waals surface area contributed by atoms with Crippen molar-refractivity contribution in [2.45, 2.75) is 52.1 Å². The van der Waals surface area contributed by atoms with Crippen LogP contribution in [0.4, 0.5) is 4.79 Å². The van der Waals surface area contributed by atoms with E-state index in [0.29, 0.717) is 13.1 Å². The molecule has 0 spiro atoms. The summed E-state index contributed by atoms with van der Waals surface area (Å²) in [5, 5.41) is 5.47. The van der Waals surface area contributed by atoms with Gasteiger partial charge in [-0.05, 0) is 46.5 Å². The molecular weight excluding hydrogens is 258 g/mol. The number of nitrogens with zero attached hydrogens (tertiary/aromatic N) is 1. The quantitative estimate of drug-likeness (QED) is 0.827. The lowest BCUT2D eigenvalue weighted by atomic mass is 9.90. The highest BCUT2D eigenvalue weighted by atomic mass is 16.6. The Morgan fingerprint density at radius 1 is 1.25 bits per heavy atom. The minimum atomic E-state index is -0.470. The lowest BCUT2D eigenvalue weighted by Crippen LogP contribution is -2.41. The molecule has 0 aliphatic carbocycles. The number of hydrogen-bond donors (Lipinski definition) is 2. The molecule has 112 valence electrons. The van der Waals surface area contributed by atoms with Crippen molar-refractivity contribution < 1.29 is 9.53 Å². The summed E-state index contributed by atoms with van der Waals surface area (Å²) < 4.78 is 5.36. The Bertz CT molecular complexity index is 531. The summed E-state index contributed by atoms with van der Waals surface area (Å²) in [6.07, 6.45) is 1.32. The zero-order chi connectivity index (χ0) is 14.9. The maximum atomic E-state index is 12.0. The number of hydrogen-bond acceptors (Lipinski definition) is 3. The number of carbonyl (C=O) groups is 1. The fourth-order valence-electron chi connectivity index (χ4n) is 2.62. The van der Waals surface area contributed by atoms with E-state index in [2.05, 4.69) is 10.2 Å². The van der Waals surface area contributed by atoms with E-state index >= 15 is 0 Å². The van der Waals surface area contributed by atoms with E-state index in [4.69, 9.17) is 4.74 Å². The summed E-state index contributed by atoms with van der Waals surface area (Å²) in [5.41, 5.74) is 1.21. The van der Waals surface area contributed by atoms with Crippen molar-refractivity contribution in [3.8, 4) is 0 Å². The molecule has 0 saturated carbocycles. The van der Waals surface area contributed by atoms with Crippen LogP contribution in [0.5, 0.6) is 0 Å². The Morgan fingerprint density at radius 2 is 1.85 bits per heavy atom. The molecule has 1 aliphatic heterocycles. The van der Waals surface area contributed by atoms with Crippen molar-refractivity contribution in [1.29, 1.82) is 0 Å². The van der Waals surface area contributed by atoms with Gasteiger partial charge in [-0.1, -0.05) is 0 Å². The summed E-state index contributed by atoms with van der Waals surface area (Å²) in [7, 11) is 0. The van der Waals surface area contributed by atoms with Crippen molar-refractivity contribution in [1.82, 2.24) is 15.1 Å². The van der Waals surface area contributed by atoms with Gasteiger partial charge in [-0.2, -0.15) is 0 Å². The van der Waals surface area contributed by atoms with Gasteiger partial charge in [0, 0.05) is 24.3 Å². The summed E-state index contributed by atoms with van der Waals surface area (Å²) in [5.74, 6) is 0.212. The minimum Gasteiger partial charge on any atom is -0.444 e. The van der Waals surface area contributed by atoms with Gasteiger partial charge in [0.1, 0.15) is 5.60 Å². The summed E-state index contributed by atoms with van der Waals surface area (Å²) >= 11 is 0. The van der Waals surface area contributed by atoms with Crippen LogP contribution < -0.4 is 5.56 Å². The molecule has 1 aromatic heterocycles. The maximum Gasteiger partial charge on any atom is 0.410 e. The molecule has 1 amide bonds. The highest BCUT2D eigenvalue weighted by molar-refractivity contribution is 5.68. The SMILES string of the molecule is Cc1[nH][nH]c(=O)c1C1CCN(C(=O)OC(C)(C)C)CC1. The van der Waals surface area contributed by atoms with Crippen molar-refractivity contribution >= 4 is 6.09 Å². The van der Waals surface area contributed by atoms with Gasteiger partial charge < -0.3 is 14.7 Å². The van der Waals surface area contributed by atoms with E-state index in [0.717, 1.165) is 24.1 Å². The van der Waals surface area contributed by atoms with Crippen molar-refractivity contribution in [3.63, 3.8) is 0 Å². The summed E-state index contributed by atoms with van der Waals surface area (Å²) in [4.78, 5) is 25.4. The van der Waals surface area contributed by atoms with Gasteiger partial charge in [-0.15, -0.1) is 0 Å². The van der Waals surface area contributed by atoms with E-state index in [1.807, 2.05) is 27.7 Å². The van der Waals surface area contributed by atoms with Crippen LogP contribution in [0.15, 0.2) is 4.79 Å². The highest BCUT2D eigenvalue weighted by Crippen LogP contribution is 2.27. The molecule has 1 fully saturated rings. The van der Waals surface area contributed by atoms with E-state index in [1.165, 1.54) is 0 Å². The van der Waals surface area contributed by atoms with E-state index in [-0.39, 0.29) is 17.6 Å². The third kappa shape index (κ3) is 3.23. The van der Waals surface area contributed by atoms with Crippen LogP contribution >= 0.6 is 0 Å². The number of H-pyrrole nitrogens is 2. The van der Waals surface area contributed by atoms with Gasteiger partial charge in [-0.3, -0.25) is 9.89 Å². The van der Waals surface area contributed by atoms with Crippen molar-refractivity contribution in [2.24, 2.45) is 0 Å². The third-order valence-electron chi connectivity index (χ3n) is 3.57. The fraction of sp³-hybridized carbons (Fsp3) is 0.714. The van der Waals surface area contributed by atoms with Crippen LogP contribution in [0.3, 0.4) is 0 Å². The second-order valence-electron chi connectivity index (χ2n) is 6.36. The molecule has 20 heavy (non-hydrogen) atoms. The highest BCUT2D eigenvalue weighted by Gasteiger charge is 2.29. The Morgan fingerprint density at radius 3 is 2.30 bits per heavy atom. The molecule has 1 aliphatic rings. The molecule has 0 unspecified atom stereocenters. The van der Waals surface area contributed by atoms with Crippen LogP contribution in [-0.4, -0.2) is 39.9 Å². The second kappa shape index (κ2) is 5.34. The Kier molecular flexibility index (Phi) is 3.92. The average molecular weight is 281 g/mol. The molecule has 0 aromatic carbocycles. The number of carbonyl (C=O) groups excluding carboxylic acids is 1. The van der Waals surface area contributed by atoms with E-state index < -0.39 is 5.60 Å². The summed E-state index contributed by atoms with van der Waals surface area (Å²) in [6.45, 7) is 8.74. The largest absolute Gasteiger partial charge is 0.444 e. The maximum absolute atomic E-state index is 12.0. The lowest BCUT2D eigenvalue weighted by molar-refractivity contribution is 0.0204. The van der Waals surface area contributed by atoms with Crippen molar-refractivity contribution in [3.05, 3.63) is 21.6 Å². The number of nitrogens with one attached hydrogen (secondary N) is 2. The number of ether oxygens (including phenoxy) is 1. The van der Waals surface area contributed by atoms with Crippen molar-refractivity contribution in [2.75, 3.05) is 13.1 Å². The van der Waals surface area contributed by atoms with Gasteiger partial charge >= 0.3 is 6.09 Å². The number of amides is 1. The zero-order valence-corrected chi connectivity index (χ0v) is 12.6. The second-order valence-corrected chi connectivity index (χ2v) is 6.36. The minimum absolute atomic E-state index is 0.0433. The molecule has 6 heteroatoms. The summed E-state index contributed by atoms with van der Waals surface area (Å²) in [6, 6.07) is 0. The average Bonchev–Trinajstić information content (AvgIpc) is 2.67. The molecule has 2 heterocycles. The van der Waals surface area contributed by atoms with Gasteiger partial charge in [0.2, 0.25) is 0 Å². The van der Waals surface area contributed by atoms with Crippen LogP contribution in [-0.2, 0) is 4.74 Å². The topological polar surface area (TPSA) is 78.2 Å². The molecule has 2 N–H and O–H groups in total. The predicted octanol–water partition coefficient (Wildman–Crippen LogP) is 2.13. The molecule has 2 rings (SSSR count). The smallest absolute Gasteiger partial charge is 0.410 e. The number of rotatable bonds is 1. The molecule has 0 bridgehead atoms. The fourth-order valence-corrected chi connectivity index (χ4v) is 2.62.